The first-order valence-corrected chi connectivity index (χ1v) is 4.16. The van der Waals surface area contributed by atoms with Crippen LogP contribution in [0.2, 0.25) is 0 Å². The largest absolute Gasteiger partial charge is 0.381 e. The molecule has 10 heavy (non-hydrogen) atoms. The molecular weight excluding hydrogens is 126 g/mol. The summed E-state index contributed by atoms with van der Waals surface area (Å²) in [6.45, 7) is 4.84. The third kappa shape index (κ3) is 1.70. The van der Waals surface area contributed by atoms with Gasteiger partial charge < -0.3 is 10.5 Å². The quantitative estimate of drug-likeness (QED) is 0.640. The molecular formula is C8H17NO. The van der Waals surface area contributed by atoms with Crippen LogP contribution in [-0.4, -0.2) is 19.8 Å². The maximum atomic E-state index is 5.57. The van der Waals surface area contributed by atoms with Crippen LogP contribution in [0.3, 0.4) is 0 Å². The molecule has 0 aromatic carbocycles. The zero-order valence-electron chi connectivity index (χ0n) is 6.68. The monoisotopic (exact) mass is 143 g/mol. The average molecular weight is 143 g/mol. The summed E-state index contributed by atoms with van der Waals surface area (Å²) in [6.07, 6.45) is 2.53. The van der Waals surface area contributed by atoms with E-state index in [1.54, 1.807) is 0 Å². The van der Waals surface area contributed by atoms with E-state index >= 15 is 0 Å². The van der Waals surface area contributed by atoms with Gasteiger partial charge in [0.1, 0.15) is 0 Å². The van der Waals surface area contributed by atoms with Crippen LogP contribution in [0.25, 0.3) is 0 Å². The molecule has 2 N–H and O–H groups in total. The maximum Gasteiger partial charge on any atom is 0.0509 e. The van der Waals surface area contributed by atoms with Crippen molar-refractivity contribution < 1.29 is 4.74 Å². The van der Waals surface area contributed by atoms with Gasteiger partial charge in [-0.05, 0) is 24.8 Å². The van der Waals surface area contributed by atoms with Gasteiger partial charge in [0.05, 0.1) is 6.61 Å². The minimum absolute atomic E-state index is 0.639. The number of ether oxygens (including phenoxy) is 1. The Morgan fingerprint density at radius 2 is 2.10 bits per heavy atom. The Morgan fingerprint density at radius 3 is 2.70 bits per heavy atom. The Balaban J connectivity index is 2.27. The second-order valence-electron chi connectivity index (χ2n) is 3.08. The van der Waals surface area contributed by atoms with Crippen LogP contribution >= 0.6 is 0 Å². The van der Waals surface area contributed by atoms with Crippen molar-refractivity contribution in [3.05, 3.63) is 0 Å². The van der Waals surface area contributed by atoms with E-state index in [0.717, 1.165) is 25.7 Å². The third-order valence-corrected chi connectivity index (χ3v) is 2.29. The van der Waals surface area contributed by atoms with Crippen molar-refractivity contribution in [2.45, 2.75) is 19.8 Å². The van der Waals surface area contributed by atoms with Crippen LogP contribution in [0.5, 0.6) is 0 Å². The Bertz CT molecular complexity index is 95.3. The zero-order chi connectivity index (χ0) is 7.40. The first kappa shape index (κ1) is 8.02. The van der Waals surface area contributed by atoms with Gasteiger partial charge in [-0.15, -0.1) is 0 Å². The lowest BCUT2D eigenvalue weighted by molar-refractivity contribution is 0.180. The molecule has 0 bridgehead atoms. The summed E-state index contributed by atoms with van der Waals surface area (Å²) in [6, 6.07) is 0. The fraction of sp³-hybridized carbons (Fsp3) is 1.00. The van der Waals surface area contributed by atoms with Crippen molar-refractivity contribution in [1.82, 2.24) is 0 Å². The topological polar surface area (TPSA) is 35.2 Å². The molecule has 2 heteroatoms. The lowest BCUT2D eigenvalue weighted by atomic mass is 9.92. The van der Waals surface area contributed by atoms with E-state index in [0.29, 0.717) is 5.92 Å². The molecule has 1 rings (SSSR count). The summed E-state index contributed by atoms with van der Waals surface area (Å²) >= 11 is 0. The standard InChI is InChI=1S/C8H17NO/c1-2-3-7-5-10-6-8(7)4-9/h7-8H,2-6,9H2,1H3. The lowest BCUT2D eigenvalue weighted by Gasteiger charge is -2.13. The molecule has 2 nitrogen and oxygen atoms in total. The van der Waals surface area contributed by atoms with Gasteiger partial charge in [-0.1, -0.05) is 13.3 Å². The molecule has 1 saturated heterocycles. The van der Waals surface area contributed by atoms with E-state index < -0.39 is 0 Å². The first-order valence-electron chi connectivity index (χ1n) is 4.16. The van der Waals surface area contributed by atoms with Crippen LogP contribution in [0.1, 0.15) is 19.8 Å². The Hall–Kier alpha value is -0.0800. The van der Waals surface area contributed by atoms with E-state index in [2.05, 4.69) is 6.92 Å². The maximum absolute atomic E-state index is 5.57. The highest BCUT2D eigenvalue weighted by molar-refractivity contribution is 4.75. The Morgan fingerprint density at radius 1 is 1.40 bits per heavy atom. The van der Waals surface area contributed by atoms with Crippen molar-refractivity contribution in [3.63, 3.8) is 0 Å². The highest BCUT2D eigenvalue weighted by atomic mass is 16.5. The Labute approximate surface area is 62.7 Å². The van der Waals surface area contributed by atoms with Gasteiger partial charge in [0.15, 0.2) is 0 Å². The number of hydrogen-bond acceptors (Lipinski definition) is 2. The summed E-state index contributed by atoms with van der Waals surface area (Å²) in [7, 11) is 0. The van der Waals surface area contributed by atoms with Crippen LogP contribution in [0.15, 0.2) is 0 Å². The minimum Gasteiger partial charge on any atom is -0.381 e. The molecule has 60 valence electrons. The normalized spacial score (nSPS) is 33.0. The van der Waals surface area contributed by atoms with Crippen LogP contribution < -0.4 is 5.73 Å². The van der Waals surface area contributed by atoms with Gasteiger partial charge >= 0.3 is 0 Å². The van der Waals surface area contributed by atoms with E-state index in [1.165, 1.54) is 12.8 Å². The molecule has 0 aromatic rings. The molecule has 0 radical (unpaired) electrons. The summed E-state index contributed by atoms with van der Waals surface area (Å²) in [5.41, 5.74) is 5.57. The average Bonchev–Trinajstić information content (AvgIpc) is 2.36. The smallest absolute Gasteiger partial charge is 0.0509 e. The Kier molecular flexibility index (Phi) is 3.16. The van der Waals surface area contributed by atoms with Gasteiger partial charge in [0.25, 0.3) is 0 Å². The summed E-state index contributed by atoms with van der Waals surface area (Å²) in [5, 5.41) is 0. The molecule has 0 amide bonds. The highest BCUT2D eigenvalue weighted by Gasteiger charge is 2.25. The second-order valence-corrected chi connectivity index (χ2v) is 3.08. The highest BCUT2D eigenvalue weighted by Crippen LogP contribution is 2.23. The molecule has 2 unspecified atom stereocenters. The van der Waals surface area contributed by atoms with E-state index in [9.17, 15) is 0 Å². The van der Waals surface area contributed by atoms with Crippen molar-refractivity contribution in [2.75, 3.05) is 19.8 Å². The number of hydrogen-bond donors (Lipinski definition) is 1. The van der Waals surface area contributed by atoms with E-state index in [1.807, 2.05) is 0 Å². The summed E-state index contributed by atoms with van der Waals surface area (Å²) in [5.74, 6) is 1.38. The van der Waals surface area contributed by atoms with Crippen molar-refractivity contribution in [1.29, 1.82) is 0 Å². The molecule has 0 spiro atoms. The third-order valence-electron chi connectivity index (χ3n) is 2.29. The van der Waals surface area contributed by atoms with Gasteiger partial charge in [-0.2, -0.15) is 0 Å². The molecule has 2 atom stereocenters. The predicted octanol–water partition coefficient (Wildman–Crippen LogP) is 1.01. The first-order chi connectivity index (χ1) is 4.88. The molecule has 1 aliphatic rings. The predicted molar refractivity (Wildman–Crippen MR) is 41.8 cm³/mol. The molecule has 0 saturated carbocycles. The van der Waals surface area contributed by atoms with Crippen molar-refractivity contribution in [2.24, 2.45) is 17.6 Å². The van der Waals surface area contributed by atoms with Crippen molar-refractivity contribution >= 4 is 0 Å². The second kappa shape index (κ2) is 3.94. The minimum atomic E-state index is 0.639. The molecule has 0 aliphatic carbocycles. The fourth-order valence-corrected chi connectivity index (χ4v) is 1.59. The van der Waals surface area contributed by atoms with E-state index in [4.69, 9.17) is 10.5 Å². The summed E-state index contributed by atoms with van der Waals surface area (Å²) < 4.78 is 5.33. The molecule has 1 fully saturated rings. The van der Waals surface area contributed by atoms with Gasteiger partial charge in [0.2, 0.25) is 0 Å². The number of nitrogens with two attached hydrogens (primary N) is 1. The molecule has 1 aliphatic heterocycles. The zero-order valence-corrected chi connectivity index (χ0v) is 6.68. The number of rotatable bonds is 3. The van der Waals surface area contributed by atoms with Gasteiger partial charge in [-0.25, -0.2) is 0 Å². The van der Waals surface area contributed by atoms with Crippen LogP contribution in [0.4, 0.5) is 0 Å². The molecule has 1 heterocycles. The van der Waals surface area contributed by atoms with Crippen LogP contribution in [-0.2, 0) is 4.74 Å². The van der Waals surface area contributed by atoms with E-state index in [-0.39, 0.29) is 0 Å². The van der Waals surface area contributed by atoms with Gasteiger partial charge in [-0.3, -0.25) is 0 Å². The van der Waals surface area contributed by atoms with Crippen LogP contribution in [0, 0.1) is 11.8 Å². The molecule has 0 aromatic heterocycles. The fourth-order valence-electron chi connectivity index (χ4n) is 1.59. The lowest BCUT2D eigenvalue weighted by Crippen LogP contribution is -2.21. The van der Waals surface area contributed by atoms with Crippen molar-refractivity contribution in [3.8, 4) is 0 Å². The van der Waals surface area contributed by atoms with Gasteiger partial charge in [0, 0.05) is 6.61 Å². The SMILES string of the molecule is CCCC1COCC1CN. The summed E-state index contributed by atoms with van der Waals surface area (Å²) in [4.78, 5) is 0.